The van der Waals surface area contributed by atoms with Crippen LogP contribution >= 0.6 is 0 Å². The predicted molar refractivity (Wildman–Crippen MR) is 88.8 cm³/mol. The Labute approximate surface area is 169 Å². The number of hydrogen-bond acceptors (Lipinski definition) is 3. The van der Waals surface area contributed by atoms with E-state index in [0.717, 1.165) is 37.8 Å². The number of rotatable bonds is 4. The van der Waals surface area contributed by atoms with Crippen molar-refractivity contribution >= 4 is 11.5 Å². The van der Waals surface area contributed by atoms with Gasteiger partial charge in [-0.3, -0.25) is 0 Å². The second-order valence-electron chi connectivity index (χ2n) is 5.93. The predicted octanol–water partition coefficient (Wildman–Crippen LogP) is 3.50. The first-order valence-corrected chi connectivity index (χ1v) is 10.7. The van der Waals surface area contributed by atoms with Gasteiger partial charge in [-0.15, -0.1) is 0 Å². The van der Waals surface area contributed by atoms with E-state index in [0.29, 0.717) is 5.56 Å². The summed E-state index contributed by atoms with van der Waals surface area (Å²) in [6.07, 6.45) is 5.51. The van der Waals surface area contributed by atoms with Gasteiger partial charge in [0.15, 0.2) is 0 Å². The van der Waals surface area contributed by atoms with Gasteiger partial charge >= 0.3 is 171 Å². The first kappa shape index (κ1) is 17.5. The van der Waals surface area contributed by atoms with Crippen molar-refractivity contribution < 1.29 is 53.0 Å². The minimum atomic E-state index is -0.406. The maximum atomic E-state index is 14.3. The van der Waals surface area contributed by atoms with E-state index in [-0.39, 0.29) is 56.0 Å². The number of nitrogens with zero attached hydrogens (tertiary/aromatic N) is 4. The number of fused-ring (bicyclic) bond motifs is 1. The fourth-order valence-corrected chi connectivity index (χ4v) is 5.08. The van der Waals surface area contributed by atoms with Crippen molar-refractivity contribution in [1.82, 2.24) is 14.6 Å². The zero-order valence-electron chi connectivity index (χ0n) is 13.8. The first-order chi connectivity index (χ1) is 12.2. The van der Waals surface area contributed by atoms with Crippen LogP contribution in [0.4, 0.5) is 14.6 Å². The van der Waals surface area contributed by atoms with Gasteiger partial charge in [-0.1, -0.05) is 0 Å². The second-order valence-corrected chi connectivity index (χ2v) is 9.15. The van der Waals surface area contributed by atoms with Gasteiger partial charge in [-0.05, 0) is 0 Å². The van der Waals surface area contributed by atoms with E-state index in [1.165, 1.54) is 12.2 Å². The molecule has 0 saturated carbocycles. The van der Waals surface area contributed by atoms with Gasteiger partial charge in [0.1, 0.15) is 0 Å². The van der Waals surface area contributed by atoms with Gasteiger partial charge in [0.05, 0.1) is 0 Å². The Morgan fingerprint density at radius 2 is 2.16 bits per heavy atom. The summed E-state index contributed by atoms with van der Waals surface area (Å²) in [5.41, 5.74) is 1.29. The standard InChI is InChI=1S/C18H18F2N4Xe/c1-2-25-16-11-21-24-9-7-17(22-18(16)24)23-8-3-4-15(23)13-10-12(19)5-6-14(13)20/h5-7,9-11,15H,2-4,8H2,1H3. The van der Waals surface area contributed by atoms with Crippen LogP contribution in [-0.2, 0) is 0 Å². The van der Waals surface area contributed by atoms with Crippen LogP contribution in [0.5, 0.6) is 0 Å². The molecule has 2 aromatic heterocycles. The van der Waals surface area contributed by atoms with Gasteiger partial charge in [0.2, 0.25) is 0 Å². The molecule has 4 rings (SSSR count). The average Bonchev–Trinajstić information content (AvgIpc) is 3.24. The Morgan fingerprint density at radius 1 is 1.28 bits per heavy atom. The van der Waals surface area contributed by atoms with Crippen molar-refractivity contribution in [3.8, 4) is 0 Å². The summed E-state index contributed by atoms with van der Waals surface area (Å²) >= 11 is 0.0850. The third kappa shape index (κ3) is 3.38. The summed E-state index contributed by atoms with van der Waals surface area (Å²) in [6.45, 7) is 2.95. The number of hydrogen-bond donors (Lipinski definition) is 0. The van der Waals surface area contributed by atoms with Gasteiger partial charge in [-0.2, -0.15) is 0 Å². The molecule has 1 unspecified atom stereocenters. The first-order valence-electron chi connectivity index (χ1n) is 8.29. The molecule has 7 heteroatoms. The van der Waals surface area contributed by atoms with Crippen LogP contribution in [0.3, 0.4) is 0 Å². The Morgan fingerprint density at radius 3 is 3.00 bits per heavy atom. The molecule has 0 radical (unpaired) electrons. The molecular formula is C18H18F2N4Xe. The normalized spacial score (nSPS) is 17.7. The van der Waals surface area contributed by atoms with Crippen LogP contribution in [0, 0.1) is 55.8 Å². The van der Waals surface area contributed by atoms with E-state index in [4.69, 9.17) is 4.98 Å². The molecule has 132 valence electrons. The molecule has 0 N–H and O–H groups in total. The second kappa shape index (κ2) is 7.36. The van der Waals surface area contributed by atoms with Crippen LogP contribution in [0.15, 0.2) is 36.7 Å². The topological polar surface area (TPSA) is 33.4 Å². The molecule has 1 saturated heterocycles. The molecule has 1 fully saturated rings. The number of benzene rings is 1. The summed E-state index contributed by atoms with van der Waals surface area (Å²) in [7, 11) is 0. The molecule has 0 bridgehead atoms. The number of halogens is 2. The summed E-state index contributed by atoms with van der Waals surface area (Å²) in [4.78, 5) is 6.88. The van der Waals surface area contributed by atoms with Crippen molar-refractivity contribution in [3.63, 3.8) is 0 Å². The Bertz CT molecular complexity index is 911. The van der Waals surface area contributed by atoms with Crippen LogP contribution in [0.25, 0.3) is 5.65 Å². The number of aromatic nitrogens is 3. The SMILES string of the molecule is CC[Xe]c1cnn2ccc(N3CCCC3c3cc(F)ccc3F)nc12. The van der Waals surface area contributed by atoms with Gasteiger partial charge in [-0.25, -0.2) is 0 Å². The summed E-state index contributed by atoms with van der Waals surface area (Å²) in [5, 5.41) is 4.36. The van der Waals surface area contributed by atoms with Crippen molar-refractivity contribution in [2.45, 2.75) is 26.7 Å². The minimum absolute atomic E-state index is 0.0850. The molecule has 1 aliphatic rings. The summed E-state index contributed by atoms with van der Waals surface area (Å²) < 4.78 is 32.0. The van der Waals surface area contributed by atoms with Crippen molar-refractivity contribution in [2.75, 3.05) is 11.4 Å². The van der Waals surface area contributed by atoms with Crippen LogP contribution in [0.1, 0.15) is 31.4 Å². The third-order valence-electron chi connectivity index (χ3n) is 4.43. The van der Waals surface area contributed by atoms with Crippen LogP contribution in [-0.4, -0.2) is 21.1 Å². The molecular weight excluding hydrogens is 442 g/mol. The molecule has 4 nitrogen and oxygen atoms in total. The molecule has 25 heavy (non-hydrogen) atoms. The van der Waals surface area contributed by atoms with Crippen molar-refractivity contribution in [1.29, 1.82) is 0 Å². The van der Waals surface area contributed by atoms with E-state index in [9.17, 15) is 8.78 Å². The van der Waals surface area contributed by atoms with Crippen molar-refractivity contribution in [3.05, 3.63) is 53.9 Å². The summed E-state index contributed by atoms with van der Waals surface area (Å²) in [6, 6.07) is 5.40. The molecule has 0 amide bonds. The zero-order valence-corrected chi connectivity index (χ0v) is 15.8. The molecule has 1 aliphatic heterocycles. The molecule has 1 atom stereocenters. The van der Waals surface area contributed by atoms with Crippen molar-refractivity contribution in [2.24, 2.45) is 0 Å². The fraction of sp³-hybridized carbons (Fsp3) is 0.333. The van der Waals surface area contributed by atoms with Gasteiger partial charge in [0.25, 0.3) is 0 Å². The number of anilines is 1. The van der Waals surface area contributed by atoms with E-state index in [2.05, 4.69) is 16.9 Å². The fourth-order valence-electron chi connectivity index (χ4n) is 3.34. The molecule has 0 spiro atoms. The molecule has 3 aromatic rings. The van der Waals surface area contributed by atoms with E-state index >= 15 is 0 Å². The monoisotopic (exact) mass is 460 g/mol. The Kier molecular flexibility index (Phi) is 5.15. The van der Waals surface area contributed by atoms with Crippen LogP contribution < -0.4 is 4.93 Å². The van der Waals surface area contributed by atoms with E-state index in [1.54, 1.807) is 4.52 Å². The van der Waals surface area contributed by atoms with E-state index in [1.807, 2.05) is 18.5 Å². The summed E-state index contributed by atoms with van der Waals surface area (Å²) in [5.74, 6) is 0.0360. The molecule has 3 heterocycles. The van der Waals surface area contributed by atoms with Crippen LogP contribution in [0.2, 0.25) is 0.889 Å². The Hall–Kier alpha value is -0.929. The maximum absolute atomic E-state index is 14.3. The third-order valence-corrected chi connectivity index (χ3v) is 6.62. The Balaban J connectivity index is 1.73. The van der Waals surface area contributed by atoms with E-state index < -0.39 is 5.82 Å². The molecule has 0 aliphatic carbocycles. The van der Waals surface area contributed by atoms with Gasteiger partial charge < -0.3 is 0 Å². The molecule has 1 aromatic carbocycles. The zero-order chi connectivity index (χ0) is 17.4. The average molecular weight is 460 g/mol. The van der Waals surface area contributed by atoms with Gasteiger partial charge in [0, 0.05) is 0 Å². The quantitative estimate of drug-likeness (QED) is 0.599.